The maximum absolute atomic E-state index is 12.7. The Balaban J connectivity index is 1.84. The first-order chi connectivity index (χ1) is 14.4. The fraction of sp³-hybridized carbons (Fsp3) is 0.333. The number of thiophene rings is 1. The molecule has 0 bridgehead atoms. The van der Waals surface area contributed by atoms with Gasteiger partial charge in [-0.2, -0.15) is 4.98 Å². The third-order valence-electron chi connectivity index (χ3n) is 4.34. The van der Waals surface area contributed by atoms with Crippen LogP contribution in [0.2, 0.25) is 0 Å². The summed E-state index contributed by atoms with van der Waals surface area (Å²) in [6, 6.07) is 11.2. The number of nitrogens with zero attached hydrogens (tertiary/aromatic N) is 3. The fourth-order valence-electron chi connectivity index (χ4n) is 2.70. The molecule has 160 valence electrons. The molecule has 9 heteroatoms. The topological polar surface area (TPSA) is 99.5 Å². The van der Waals surface area contributed by atoms with Crippen LogP contribution in [0.3, 0.4) is 0 Å². The Labute approximate surface area is 181 Å². The molecule has 3 aromatic rings. The second-order valence-corrected chi connectivity index (χ2v) is 10.2. The first-order valence-corrected chi connectivity index (χ1v) is 12.6. The molecular formula is C21H27N5O2S2. The Kier molecular flexibility index (Phi) is 7.41. The summed E-state index contributed by atoms with van der Waals surface area (Å²) in [5.74, 6) is 1.09. The molecule has 2 atom stereocenters. The zero-order valence-corrected chi connectivity index (χ0v) is 19.0. The molecule has 0 fully saturated rings. The van der Waals surface area contributed by atoms with Gasteiger partial charge >= 0.3 is 0 Å². The first-order valence-electron chi connectivity index (χ1n) is 9.76. The van der Waals surface area contributed by atoms with Crippen LogP contribution in [0.4, 0.5) is 17.5 Å². The van der Waals surface area contributed by atoms with Gasteiger partial charge in [0.05, 0.1) is 21.9 Å². The van der Waals surface area contributed by atoms with Crippen molar-refractivity contribution in [2.45, 2.75) is 31.2 Å². The normalized spacial score (nSPS) is 14.0. The van der Waals surface area contributed by atoms with Gasteiger partial charge in [-0.05, 0) is 49.1 Å². The molecule has 0 radical (unpaired) electrons. The van der Waals surface area contributed by atoms with Crippen molar-refractivity contribution >= 4 is 38.5 Å². The van der Waals surface area contributed by atoms with Crippen LogP contribution in [0.15, 0.2) is 57.2 Å². The van der Waals surface area contributed by atoms with E-state index in [-0.39, 0.29) is 12.6 Å². The molecule has 2 heterocycles. The Morgan fingerprint density at radius 2 is 2.03 bits per heavy atom. The number of hydrogen-bond acceptors (Lipinski definition) is 8. The molecule has 0 aliphatic rings. The van der Waals surface area contributed by atoms with Gasteiger partial charge in [-0.3, -0.25) is 0 Å². The third kappa shape index (κ3) is 5.56. The van der Waals surface area contributed by atoms with E-state index in [1.165, 1.54) is 0 Å². The van der Waals surface area contributed by atoms with E-state index >= 15 is 0 Å². The Bertz CT molecular complexity index is 1080. The Morgan fingerprint density at radius 3 is 2.67 bits per heavy atom. The number of benzene rings is 1. The van der Waals surface area contributed by atoms with E-state index in [1.54, 1.807) is 23.8 Å². The average molecular weight is 446 g/mol. The maximum atomic E-state index is 12.7. The van der Waals surface area contributed by atoms with Gasteiger partial charge in [0.2, 0.25) is 5.95 Å². The average Bonchev–Trinajstić information content (AvgIpc) is 3.27. The van der Waals surface area contributed by atoms with E-state index in [2.05, 4.69) is 25.0 Å². The summed E-state index contributed by atoms with van der Waals surface area (Å²) in [6.45, 7) is 4.48. The lowest BCUT2D eigenvalue weighted by molar-refractivity contribution is 0.281. The van der Waals surface area contributed by atoms with E-state index in [1.807, 2.05) is 55.6 Å². The molecule has 30 heavy (non-hydrogen) atoms. The van der Waals surface area contributed by atoms with Gasteiger partial charge in [-0.15, -0.1) is 11.3 Å². The highest BCUT2D eigenvalue weighted by atomic mass is 32.2. The van der Waals surface area contributed by atoms with E-state index < -0.39 is 9.73 Å². The second kappa shape index (κ2) is 10.0. The fourth-order valence-corrected chi connectivity index (χ4v) is 4.76. The predicted molar refractivity (Wildman–Crippen MR) is 125 cm³/mol. The highest BCUT2D eigenvalue weighted by molar-refractivity contribution is 7.93. The number of aliphatic hydroxyl groups is 1. The van der Waals surface area contributed by atoms with Gasteiger partial charge in [-0.1, -0.05) is 13.0 Å². The van der Waals surface area contributed by atoms with E-state index in [4.69, 9.17) is 0 Å². The molecule has 0 aliphatic carbocycles. The number of anilines is 3. The molecule has 7 nitrogen and oxygen atoms in total. The molecule has 0 saturated carbocycles. The van der Waals surface area contributed by atoms with Crippen molar-refractivity contribution < 1.29 is 9.32 Å². The van der Waals surface area contributed by atoms with Crippen molar-refractivity contribution in [1.29, 1.82) is 0 Å². The molecule has 3 rings (SSSR count). The second-order valence-electron chi connectivity index (χ2n) is 6.97. The lowest BCUT2D eigenvalue weighted by Crippen LogP contribution is -2.21. The summed E-state index contributed by atoms with van der Waals surface area (Å²) >= 11 is 1.60. The van der Waals surface area contributed by atoms with Gasteiger partial charge in [0.25, 0.3) is 0 Å². The van der Waals surface area contributed by atoms with Crippen molar-refractivity contribution in [3.8, 4) is 10.4 Å². The van der Waals surface area contributed by atoms with Gasteiger partial charge in [-0.25, -0.2) is 13.6 Å². The highest BCUT2D eigenvalue weighted by Gasteiger charge is 2.13. The molecule has 2 aromatic heterocycles. The van der Waals surface area contributed by atoms with Crippen LogP contribution < -0.4 is 10.6 Å². The summed E-state index contributed by atoms with van der Waals surface area (Å²) in [5, 5.41) is 17.8. The van der Waals surface area contributed by atoms with Crippen LogP contribution in [0, 0.1) is 0 Å². The van der Waals surface area contributed by atoms with Crippen molar-refractivity contribution in [3.63, 3.8) is 0 Å². The standard InChI is InChI=1S/C21H27N5O2S2/c1-4-11-23-30(3,28)17-9-7-16(8-10-17)25-21-22-13-18(19-6-5-12-29-19)20(26-21)24-15(2)14-27/h5-10,12-13,15,27H,4,11,14H2,1-3H3,(H2,22,24,25,26)/t15-,30?/m1/s1. The smallest absolute Gasteiger partial charge is 0.229 e. The highest BCUT2D eigenvalue weighted by Crippen LogP contribution is 2.31. The summed E-state index contributed by atoms with van der Waals surface area (Å²) < 4.78 is 17.0. The van der Waals surface area contributed by atoms with E-state index in [9.17, 15) is 9.32 Å². The quantitative estimate of drug-likeness (QED) is 0.445. The number of aliphatic hydroxyl groups excluding tert-OH is 1. The van der Waals surface area contributed by atoms with Crippen molar-refractivity contribution in [2.75, 3.05) is 30.0 Å². The number of aromatic nitrogens is 2. The van der Waals surface area contributed by atoms with Crippen LogP contribution in [-0.2, 0) is 9.73 Å². The minimum atomic E-state index is -2.38. The third-order valence-corrected chi connectivity index (χ3v) is 7.07. The molecule has 0 amide bonds. The maximum Gasteiger partial charge on any atom is 0.229 e. The Hall–Kier alpha value is -2.49. The lowest BCUT2D eigenvalue weighted by Gasteiger charge is -2.16. The van der Waals surface area contributed by atoms with Crippen LogP contribution in [0.25, 0.3) is 10.4 Å². The summed E-state index contributed by atoms with van der Waals surface area (Å²) in [5.41, 5.74) is 1.67. The van der Waals surface area contributed by atoms with Crippen LogP contribution >= 0.6 is 11.3 Å². The monoisotopic (exact) mass is 445 g/mol. The van der Waals surface area contributed by atoms with Gasteiger partial charge < -0.3 is 15.7 Å². The Morgan fingerprint density at radius 1 is 1.27 bits per heavy atom. The molecule has 0 saturated heterocycles. The van der Waals surface area contributed by atoms with E-state index in [0.717, 1.165) is 22.5 Å². The first kappa shape index (κ1) is 22.2. The van der Waals surface area contributed by atoms with Gasteiger partial charge in [0.15, 0.2) is 0 Å². The van der Waals surface area contributed by atoms with Gasteiger partial charge in [0, 0.05) is 40.5 Å². The number of nitrogens with one attached hydrogen (secondary N) is 2. The largest absolute Gasteiger partial charge is 0.394 e. The summed E-state index contributed by atoms with van der Waals surface area (Å²) in [6.07, 6.45) is 4.30. The SMILES string of the molecule is CCCN=S(C)(=O)c1ccc(Nc2ncc(-c3cccs3)c(N[C@H](C)CO)n2)cc1. The molecule has 1 unspecified atom stereocenters. The molecular weight excluding hydrogens is 418 g/mol. The number of rotatable bonds is 9. The van der Waals surface area contributed by atoms with Crippen LogP contribution in [0.5, 0.6) is 0 Å². The minimum Gasteiger partial charge on any atom is -0.394 e. The van der Waals surface area contributed by atoms with Gasteiger partial charge in [0.1, 0.15) is 5.82 Å². The predicted octanol–water partition coefficient (Wildman–Crippen LogP) is 4.61. The molecule has 0 aliphatic heterocycles. The number of hydrogen-bond donors (Lipinski definition) is 3. The molecule has 0 spiro atoms. The van der Waals surface area contributed by atoms with Crippen molar-refractivity contribution in [3.05, 3.63) is 48.0 Å². The van der Waals surface area contributed by atoms with Crippen LogP contribution in [-0.4, -0.2) is 44.7 Å². The van der Waals surface area contributed by atoms with Crippen molar-refractivity contribution in [2.24, 2.45) is 4.36 Å². The lowest BCUT2D eigenvalue weighted by atomic mass is 10.2. The zero-order chi connectivity index (χ0) is 21.6. The van der Waals surface area contributed by atoms with E-state index in [0.29, 0.717) is 23.2 Å². The molecule has 3 N–H and O–H groups in total. The summed E-state index contributed by atoms with van der Waals surface area (Å²) in [7, 11) is -2.38. The van der Waals surface area contributed by atoms with Crippen LogP contribution in [0.1, 0.15) is 20.3 Å². The summed E-state index contributed by atoms with van der Waals surface area (Å²) in [4.78, 5) is 10.8. The van der Waals surface area contributed by atoms with Crippen molar-refractivity contribution in [1.82, 2.24) is 9.97 Å². The zero-order valence-electron chi connectivity index (χ0n) is 17.3. The molecule has 1 aromatic carbocycles. The minimum absolute atomic E-state index is 0.00249.